The number of hydrogen-bond acceptors (Lipinski definition) is 6. The number of nitrogens with one attached hydrogen (secondary N) is 3. The maximum Gasteiger partial charge on any atom is 0.349 e. The zero-order chi connectivity index (χ0) is 20.4. The van der Waals surface area contributed by atoms with Crippen molar-refractivity contribution in [1.29, 1.82) is 0 Å². The second kappa shape index (κ2) is 7.80. The number of anilines is 2. The lowest BCUT2D eigenvalue weighted by atomic mass is 10.1. The molecular formula is C19H16ClN5O4. The SMILES string of the molecule is O=C(N[C@@H]1CCOC1=O)c1ccc(Nc2nn(-c3cccc(Cl)c3)c(=O)[nH]2)cc1. The molecule has 0 aliphatic carbocycles. The van der Waals surface area contributed by atoms with Crippen LogP contribution in [0.15, 0.2) is 53.3 Å². The van der Waals surface area contributed by atoms with Gasteiger partial charge in [0.1, 0.15) is 6.04 Å². The van der Waals surface area contributed by atoms with Crippen LogP contribution in [0.5, 0.6) is 0 Å². The summed E-state index contributed by atoms with van der Waals surface area (Å²) >= 11 is 5.96. The molecule has 29 heavy (non-hydrogen) atoms. The molecular weight excluding hydrogens is 398 g/mol. The number of esters is 1. The molecule has 3 N–H and O–H groups in total. The van der Waals surface area contributed by atoms with Gasteiger partial charge >= 0.3 is 11.7 Å². The van der Waals surface area contributed by atoms with Gasteiger partial charge in [0.2, 0.25) is 5.95 Å². The molecule has 1 aliphatic rings. The molecule has 9 nitrogen and oxygen atoms in total. The van der Waals surface area contributed by atoms with Crippen LogP contribution in [0.25, 0.3) is 5.69 Å². The van der Waals surface area contributed by atoms with Crippen LogP contribution in [0.4, 0.5) is 11.6 Å². The molecule has 1 amide bonds. The Bertz CT molecular complexity index is 1120. The molecule has 1 atom stereocenters. The number of hydrogen-bond donors (Lipinski definition) is 3. The van der Waals surface area contributed by atoms with E-state index in [9.17, 15) is 14.4 Å². The second-order valence-electron chi connectivity index (χ2n) is 6.36. The summed E-state index contributed by atoms with van der Waals surface area (Å²) in [5, 5.41) is 10.3. The first kappa shape index (κ1) is 18.8. The first-order chi connectivity index (χ1) is 14.0. The average molecular weight is 414 g/mol. The molecule has 1 aliphatic heterocycles. The van der Waals surface area contributed by atoms with Crippen molar-refractivity contribution in [3.63, 3.8) is 0 Å². The molecule has 10 heteroatoms. The van der Waals surface area contributed by atoms with Crippen molar-refractivity contribution in [1.82, 2.24) is 20.1 Å². The molecule has 0 saturated carbocycles. The largest absolute Gasteiger partial charge is 0.464 e. The minimum atomic E-state index is -0.610. The summed E-state index contributed by atoms with van der Waals surface area (Å²) in [6, 6.07) is 12.7. The van der Waals surface area contributed by atoms with Gasteiger partial charge in [-0.25, -0.2) is 9.59 Å². The molecule has 2 aromatic carbocycles. The Morgan fingerprint density at radius 3 is 2.69 bits per heavy atom. The summed E-state index contributed by atoms with van der Waals surface area (Å²) in [5.41, 5.74) is 1.13. The van der Waals surface area contributed by atoms with Crippen LogP contribution in [-0.2, 0) is 9.53 Å². The third-order valence-electron chi connectivity index (χ3n) is 4.32. The van der Waals surface area contributed by atoms with E-state index in [1.807, 2.05) is 0 Å². The van der Waals surface area contributed by atoms with Crippen LogP contribution >= 0.6 is 11.6 Å². The molecule has 0 spiro atoms. The Labute approximate surface area is 169 Å². The molecule has 148 valence electrons. The van der Waals surface area contributed by atoms with E-state index in [2.05, 4.69) is 20.7 Å². The van der Waals surface area contributed by atoms with Crippen LogP contribution in [0, 0.1) is 0 Å². The number of halogens is 1. The Balaban J connectivity index is 1.45. The van der Waals surface area contributed by atoms with Gasteiger partial charge in [-0.3, -0.25) is 9.78 Å². The summed E-state index contributed by atoms with van der Waals surface area (Å²) in [6.45, 7) is 0.312. The molecule has 0 radical (unpaired) electrons. The van der Waals surface area contributed by atoms with Gasteiger partial charge < -0.3 is 15.4 Å². The summed E-state index contributed by atoms with van der Waals surface area (Å²) < 4.78 is 6.02. The van der Waals surface area contributed by atoms with Gasteiger partial charge in [0.25, 0.3) is 5.91 Å². The van der Waals surface area contributed by atoms with E-state index in [0.717, 1.165) is 0 Å². The van der Waals surface area contributed by atoms with E-state index in [1.54, 1.807) is 48.5 Å². The first-order valence-corrected chi connectivity index (χ1v) is 9.17. The molecule has 1 aromatic heterocycles. The predicted molar refractivity (Wildman–Crippen MR) is 106 cm³/mol. The highest BCUT2D eigenvalue weighted by atomic mass is 35.5. The van der Waals surface area contributed by atoms with Crippen molar-refractivity contribution in [3.8, 4) is 5.69 Å². The maximum absolute atomic E-state index is 12.2. The number of rotatable bonds is 5. The van der Waals surface area contributed by atoms with Crippen molar-refractivity contribution in [2.45, 2.75) is 12.5 Å². The van der Waals surface area contributed by atoms with Gasteiger partial charge in [-0.05, 0) is 42.5 Å². The summed E-state index contributed by atoms with van der Waals surface area (Å²) in [6.07, 6.45) is 0.465. The number of nitrogens with zero attached hydrogens (tertiary/aromatic N) is 2. The van der Waals surface area contributed by atoms with E-state index in [1.165, 1.54) is 4.68 Å². The highest BCUT2D eigenvalue weighted by Crippen LogP contribution is 2.16. The van der Waals surface area contributed by atoms with Crippen LogP contribution < -0.4 is 16.3 Å². The molecule has 0 unspecified atom stereocenters. The van der Waals surface area contributed by atoms with Crippen molar-refractivity contribution in [2.24, 2.45) is 0 Å². The number of ether oxygens (including phenoxy) is 1. The van der Waals surface area contributed by atoms with Crippen molar-refractivity contribution >= 4 is 35.1 Å². The number of carbonyl (C=O) groups is 2. The maximum atomic E-state index is 12.2. The number of carbonyl (C=O) groups excluding carboxylic acids is 2. The number of H-pyrrole nitrogens is 1. The zero-order valence-electron chi connectivity index (χ0n) is 15.0. The van der Waals surface area contributed by atoms with E-state index >= 15 is 0 Å². The minimum Gasteiger partial charge on any atom is -0.464 e. The number of aromatic amines is 1. The van der Waals surface area contributed by atoms with Gasteiger partial charge in [-0.15, -0.1) is 5.10 Å². The quantitative estimate of drug-likeness (QED) is 0.550. The van der Waals surface area contributed by atoms with Gasteiger partial charge in [0.15, 0.2) is 0 Å². The topological polar surface area (TPSA) is 118 Å². The van der Waals surface area contributed by atoms with Gasteiger partial charge in [0.05, 0.1) is 12.3 Å². The smallest absolute Gasteiger partial charge is 0.349 e. The number of cyclic esters (lactones) is 1. The third-order valence-corrected chi connectivity index (χ3v) is 4.56. The lowest BCUT2D eigenvalue weighted by molar-refractivity contribution is -0.139. The van der Waals surface area contributed by atoms with Crippen molar-refractivity contribution in [2.75, 3.05) is 11.9 Å². The zero-order valence-corrected chi connectivity index (χ0v) is 15.8. The molecule has 1 saturated heterocycles. The average Bonchev–Trinajstić information content (AvgIpc) is 3.27. The lowest BCUT2D eigenvalue weighted by Gasteiger charge is -2.09. The highest BCUT2D eigenvalue weighted by Gasteiger charge is 2.28. The van der Waals surface area contributed by atoms with Gasteiger partial charge in [0, 0.05) is 22.7 Å². The predicted octanol–water partition coefficient (Wildman–Crippen LogP) is 2.00. The fourth-order valence-corrected chi connectivity index (χ4v) is 3.06. The van der Waals surface area contributed by atoms with Crippen LogP contribution in [-0.4, -0.2) is 39.3 Å². The lowest BCUT2D eigenvalue weighted by Crippen LogP contribution is -2.37. The third kappa shape index (κ3) is 4.14. The Morgan fingerprint density at radius 1 is 1.21 bits per heavy atom. The highest BCUT2D eigenvalue weighted by molar-refractivity contribution is 6.30. The van der Waals surface area contributed by atoms with Crippen LogP contribution in [0.1, 0.15) is 16.8 Å². The standard InChI is InChI=1S/C19H16ClN5O4/c20-12-2-1-3-14(10-12)25-19(28)23-18(24-25)21-13-6-4-11(5-7-13)16(26)22-15-8-9-29-17(15)27/h1-7,10,15H,8-9H2,(H,22,26)(H2,21,23,24,28)/t15-/m1/s1. The molecule has 3 aromatic rings. The van der Waals surface area contributed by atoms with Crippen molar-refractivity contribution in [3.05, 3.63) is 69.6 Å². The Hall–Kier alpha value is -3.59. The van der Waals surface area contributed by atoms with Crippen molar-refractivity contribution < 1.29 is 14.3 Å². The normalized spacial score (nSPS) is 15.8. The number of benzene rings is 2. The van der Waals surface area contributed by atoms with Gasteiger partial charge in [-0.2, -0.15) is 4.68 Å². The fraction of sp³-hybridized carbons (Fsp3) is 0.158. The van der Waals surface area contributed by atoms with Crippen LogP contribution in [0.2, 0.25) is 5.02 Å². The Morgan fingerprint density at radius 2 is 2.00 bits per heavy atom. The number of amides is 1. The van der Waals surface area contributed by atoms with E-state index in [0.29, 0.717) is 35.0 Å². The van der Waals surface area contributed by atoms with E-state index < -0.39 is 17.7 Å². The van der Waals surface area contributed by atoms with Gasteiger partial charge in [-0.1, -0.05) is 17.7 Å². The molecule has 2 heterocycles. The Kier molecular flexibility index (Phi) is 5.05. The number of aromatic nitrogens is 3. The van der Waals surface area contributed by atoms with Crippen LogP contribution in [0.3, 0.4) is 0 Å². The fourth-order valence-electron chi connectivity index (χ4n) is 2.87. The van der Waals surface area contributed by atoms with E-state index in [4.69, 9.17) is 16.3 Å². The minimum absolute atomic E-state index is 0.237. The summed E-state index contributed by atoms with van der Waals surface area (Å²) in [5.74, 6) is -0.546. The summed E-state index contributed by atoms with van der Waals surface area (Å²) in [7, 11) is 0. The molecule has 4 rings (SSSR count). The first-order valence-electron chi connectivity index (χ1n) is 8.79. The second-order valence-corrected chi connectivity index (χ2v) is 6.79. The molecule has 1 fully saturated rings. The summed E-state index contributed by atoms with van der Waals surface area (Å²) in [4.78, 5) is 38.5. The molecule has 0 bridgehead atoms. The van der Waals surface area contributed by atoms with E-state index in [-0.39, 0.29) is 11.9 Å². The monoisotopic (exact) mass is 413 g/mol.